The molecular weight excluding hydrogens is 396 g/mol. The summed E-state index contributed by atoms with van der Waals surface area (Å²) in [6.45, 7) is 4.63. The molecule has 0 aliphatic carbocycles. The fourth-order valence-corrected chi connectivity index (χ4v) is 3.71. The van der Waals surface area contributed by atoms with Crippen LogP contribution in [0.1, 0.15) is 52.4 Å². The zero-order chi connectivity index (χ0) is 22.4. The van der Waals surface area contributed by atoms with Gasteiger partial charge in [-0.05, 0) is 49.9 Å². The predicted octanol–water partition coefficient (Wildman–Crippen LogP) is 3.66. The van der Waals surface area contributed by atoms with Gasteiger partial charge in [0.1, 0.15) is 23.7 Å². The van der Waals surface area contributed by atoms with E-state index in [0.717, 1.165) is 27.8 Å². The molecule has 1 amide bonds. The van der Waals surface area contributed by atoms with E-state index in [9.17, 15) is 9.59 Å². The molecule has 7 heteroatoms. The van der Waals surface area contributed by atoms with E-state index in [1.807, 2.05) is 32.1 Å². The second-order valence-electron chi connectivity index (χ2n) is 7.49. The molecule has 3 rings (SSSR count). The first kappa shape index (κ1) is 22.3. The minimum absolute atomic E-state index is 0.00385. The summed E-state index contributed by atoms with van der Waals surface area (Å²) in [6, 6.07) is 3.75. The molecule has 0 spiro atoms. The molecule has 1 aromatic carbocycles. The third kappa shape index (κ3) is 5.05. The lowest BCUT2D eigenvalue weighted by Gasteiger charge is -2.18. The van der Waals surface area contributed by atoms with Crippen molar-refractivity contribution >= 4 is 11.9 Å². The maximum Gasteiger partial charge on any atom is 0.342 e. The fraction of sp³-hybridized carbons (Fsp3) is 0.375. The zero-order valence-corrected chi connectivity index (χ0v) is 18.4. The number of cyclic esters (lactones) is 1. The Morgan fingerprint density at radius 1 is 1.19 bits per heavy atom. The van der Waals surface area contributed by atoms with Gasteiger partial charge in [0.05, 0.1) is 14.2 Å². The first-order valence-corrected chi connectivity index (χ1v) is 10.2. The molecule has 1 aliphatic heterocycles. The number of hydrogen-bond donors (Lipinski definition) is 1. The molecule has 0 bridgehead atoms. The number of ether oxygens (including phenoxy) is 3. The summed E-state index contributed by atoms with van der Waals surface area (Å²) in [4.78, 5) is 28.3. The summed E-state index contributed by atoms with van der Waals surface area (Å²) in [5, 5.41) is 2.92. The number of allylic oxidation sites excluding steroid dienone is 2. The molecule has 164 valence electrons. The zero-order valence-electron chi connectivity index (χ0n) is 18.4. The van der Waals surface area contributed by atoms with Crippen molar-refractivity contribution < 1.29 is 23.8 Å². The summed E-state index contributed by atoms with van der Waals surface area (Å²) >= 11 is 0. The smallest absolute Gasteiger partial charge is 0.342 e. The molecule has 0 unspecified atom stereocenters. The lowest BCUT2D eigenvalue weighted by atomic mass is 9.94. The second kappa shape index (κ2) is 10.1. The van der Waals surface area contributed by atoms with Crippen molar-refractivity contribution in [2.75, 3.05) is 14.2 Å². The number of carbonyl (C=O) groups is 2. The Balaban J connectivity index is 1.67. The number of hydrogen-bond acceptors (Lipinski definition) is 6. The fourth-order valence-electron chi connectivity index (χ4n) is 3.71. The number of methoxy groups -OCH3 is 2. The highest BCUT2D eigenvalue weighted by atomic mass is 16.5. The van der Waals surface area contributed by atoms with Gasteiger partial charge in [-0.2, -0.15) is 0 Å². The predicted molar refractivity (Wildman–Crippen MR) is 116 cm³/mol. The number of benzene rings is 1. The molecule has 0 atom stereocenters. The highest BCUT2D eigenvalue weighted by molar-refractivity contribution is 5.98. The maximum atomic E-state index is 12.2. The maximum absolute atomic E-state index is 12.2. The Kier molecular flexibility index (Phi) is 7.28. The van der Waals surface area contributed by atoms with Gasteiger partial charge in [0, 0.05) is 36.5 Å². The Morgan fingerprint density at radius 2 is 1.90 bits per heavy atom. The van der Waals surface area contributed by atoms with Crippen LogP contribution in [0.3, 0.4) is 0 Å². The quantitative estimate of drug-likeness (QED) is 0.488. The number of amides is 1. The molecule has 31 heavy (non-hydrogen) atoms. The molecular formula is C24H28N2O5. The van der Waals surface area contributed by atoms with Crippen molar-refractivity contribution in [3.8, 4) is 11.5 Å². The normalized spacial score (nSPS) is 12.9. The Bertz CT molecular complexity index is 999. The van der Waals surface area contributed by atoms with Crippen LogP contribution in [-0.4, -0.2) is 31.1 Å². The molecule has 0 fully saturated rings. The molecule has 2 aromatic rings. The highest BCUT2D eigenvalue weighted by Crippen LogP contribution is 2.42. The van der Waals surface area contributed by atoms with E-state index in [1.165, 1.54) is 0 Å². The number of nitrogens with zero attached hydrogens (tertiary/aromatic N) is 1. The molecule has 0 saturated carbocycles. The van der Waals surface area contributed by atoms with E-state index in [4.69, 9.17) is 14.2 Å². The van der Waals surface area contributed by atoms with Crippen LogP contribution in [0.2, 0.25) is 0 Å². The third-order valence-corrected chi connectivity index (χ3v) is 5.47. The van der Waals surface area contributed by atoms with Crippen LogP contribution >= 0.6 is 0 Å². The number of carbonyl (C=O) groups excluding carboxylic acids is 2. The van der Waals surface area contributed by atoms with Crippen LogP contribution in [0.5, 0.6) is 11.5 Å². The molecule has 1 N–H and O–H groups in total. The van der Waals surface area contributed by atoms with Gasteiger partial charge in [0.25, 0.3) is 0 Å². The minimum Gasteiger partial charge on any atom is -0.496 e. The number of esters is 1. The summed E-state index contributed by atoms with van der Waals surface area (Å²) in [6.07, 6.45) is 7.02. The molecule has 2 heterocycles. The van der Waals surface area contributed by atoms with Crippen molar-refractivity contribution in [3.63, 3.8) is 0 Å². The average molecular weight is 424 g/mol. The number of rotatable bonds is 9. The number of fused-ring (bicyclic) bond motifs is 1. The lowest BCUT2D eigenvalue weighted by molar-refractivity contribution is -0.121. The van der Waals surface area contributed by atoms with E-state index < -0.39 is 0 Å². The molecule has 7 nitrogen and oxygen atoms in total. The number of pyridine rings is 1. The van der Waals surface area contributed by atoms with Crippen molar-refractivity contribution in [2.45, 2.75) is 46.3 Å². The van der Waals surface area contributed by atoms with Gasteiger partial charge in [-0.3, -0.25) is 9.78 Å². The van der Waals surface area contributed by atoms with Crippen LogP contribution < -0.4 is 14.8 Å². The topological polar surface area (TPSA) is 86.8 Å². The van der Waals surface area contributed by atoms with E-state index in [2.05, 4.69) is 10.3 Å². The van der Waals surface area contributed by atoms with E-state index in [-0.39, 0.29) is 18.5 Å². The minimum atomic E-state index is -0.370. The first-order chi connectivity index (χ1) is 15.0. The third-order valence-electron chi connectivity index (χ3n) is 5.47. The van der Waals surface area contributed by atoms with Crippen LogP contribution in [0.25, 0.3) is 0 Å². The van der Waals surface area contributed by atoms with Gasteiger partial charge in [0.15, 0.2) is 0 Å². The van der Waals surface area contributed by atoms with Crippen molar-refractivity contribution in [1.82, 2.24) is 10.3 Å². The van der Waals surface area contributed by atoms with Gasteiger partial charge < -0.3 is 19.5 Å². The molecule has 1 aromatic heterocycles. The van der Waals surface area contributed by atoms with E-state index in [1.54, 1.807) is 26.6 Å². The molecule has 1 aliphatic rings. The monoisotopic (exact) mass is 424 g/mol. The van der Waals surface area contributed by atoms with Gasteiger partial charge in [0.2, 0.25) is 5.91 Å². The summed E-state index contributed by atoms with van der Waals surface area (Å²) in [7, 11) is 3.15. The Hall–Kier alpha value is -3.35. The van der Waals surface area contributed by atoms with Crippen LogP contribution in [0.15, 0.2) is 36.2 Å². The lowest BCUT2D eigenvalue weighted by Crippen LogP contribution is -2.22. The van der Waals surface area contributed by atoms with Crippen molar-refractivity contribution in [3.05, 3.63) is 64.0 Å². The van der Waals surface area contributed by atoms with Crippen LogP contribution in [0, 0.1) is 6.92 Å². The Labute approximate surface area is 182 Å². The van der Waals surface area contributed by atoms with Gasteiger partial charge in [-0.15, -0.1) is 0 Å². The van der Waals surface area contributed by atoms with Crippen LogP contribution in [-0.2, 0) is 29.1 Å². The van der Waals surface area contributed by atoms with Crippen molar-refractivity contribution in [1.29, 1.82) is 0 Å². The number of aromatic nitrogens is 1. The van der Waals surface area contributed by atoms with Crippen LogP contribution in [0.4, 0.5) is 0 Å². The van der Waals surface area contributed by atoms with E-state index >= 15 is 0 Å². The van der Waals surface area contributed by atoms with Crippen molar-refractivity contribution in [2.24, 2.45) is 0 Å². The van der Waals surface area contributed by atoms with Gasteiger partial charge in [-0.25, -0.2) is 4.79 Å². The summed E-state index contributed by atoms with van der Waals surface area (Å²) in [5.41, 5.74) is 5.08. The van der Waals surface area contributed by atoms with Gasteiger partial charge >= 0.3 is 5.97 Å². The first-order valence-electron chi connectivity index (χ1n) is 10.2. The molecule has 0 saturated heterocycles. The van der Waals surface area contributed by atoms with Gasteiger partial charge in [-0.1, -0.05) is 11.6 Å². The number of nitrogens with one attached hydrogen (secondary N) is 1. The SMILES string of the molecule is COc1c(C)c2c(c(OC)c1CC=C(C)CCC(=O)NCc1ccncc1)C(=O)OC2. The second-order valence-corrected chi connectivity index (χ2v) is 7.49. The average Bonchev–Trinajstić information content (AvgIpc) is 3.17. The standard InChI is InChI=1S/C24H28N2O5/c1-15(6-8-20(27)26-13-17-9-11-25-12-10-17)5-7-18-22(29-3)16(2)19-14-31-24(28)21(19)23(18)30-4/h5,9-12H,6-8,13-14H2,1-4H3,(H,26,27). The Morgan fingerprint density at radius 3 is 2.58 bits per heavy atom. The molecule has 0 radical (unpaired) electrons. The van der Waals surface area contributed by atoms with E-state index in [0.29, 0.717) is 42.9 Å². The largest absolute Gasteiger partial charge is 0.496 e. The summed E-state index contributed by atoms with van der Waals surface area (Å²) in [5.74, 6) is 0.827. The highest BCUT2D eigenvalue weighted by Gasteiger charge is 2.32. The summed E-state index contributed by atoms with van der Waals surface area (Å²) < 4.78 is 16.4.